The molecule has 1 aliphatic carbocycles. The van der Waals surface area contributed by atoms with Crippen LogP contribution in [0.15, 0.2) is 12.2 Å². The largest absolute Gasteiger partial charge is 0.463 e. The van der Waals surface area contributed by atoms with Gasteiger partial charge in [0.15, 0.2) is 0 Å². The smallest absolute Gasteiger partial charge is 0.330 e. The van der Waals surface area contributed by atoms with Crippen LogP contribution in [0, 0.1) is 5.92 Å². The van der Waals surface area contributed by atoms with Crippen molar-refractivity contribution in [3.05, 3.63) is 12.2 Å². The quantitative estimate of drug-likeness (QED) is 0.378. The van der Waals surface area contributed by atoms with Crippen molar-refractivity contribution in [1.29, 1.82) is 0 Å². The van der Waals surface area contributed by atoms with E-state index in [1.165, 1.54) is 31.8 Å². The van der Waals surface area contributed by atoms with Crippen LogP contribution in [0.2, 0.25) is 0 Å². The van der Waals surface area contributed by atoms with Gasteiger partial charge in [-0.25, -0.2) is 4.79 Å². The van der Waals surface area contributed by atoms with Gasteiger partial charge in [-0.15, -0.1) is 0 Å². The van der Waals surface area contributed by atoms with E-state index in [2.05, 4.69) is 5.32 Å². The van der Waals surface area contributed by atoms with Crippen molar-refractivity contribution < 1.29 is 9.53 Å². The summed E-state index contributed by atoms with van der Waals surface area (Å²) >= 11 is 0. The Bertz CT molecular complexity index is 210. The molecule has 1 aliphatic rings. The van der Waals surface area contributed by atoms with Gasteiger partial charge in [0, 0.05) is 12.6 Å². The number of ether oxygens (including phenoxy) is 1. The summed E-state index contributed by atoms with van der Waals surface area (Å²) in [7, 11) is 0. The highest BCUT2D eigenvalue weighted by Crippen LogP contribution is 2.33. The first-order chi connectivity index (χ1) is 7.33. The maximum Gasteiger partial charge on any atom is 0.330 e. The summed E-state index contributed by atoms with van der Waals surface area (Å²) in [5, 5.41) is 3.27. The van der Waals surface area contributed by atoms with E-state index in [-0.39, 0.29) is 5.97 Å². The van der Waals surface area contributed by atoms with Crippen LogP contribution in [0.4, 0.5) is 0 Å². The van der Waals surface area contributed by atoms with Gasteiger partial charge in [-0.05, 0) is 32.2 Å². The predicted molar refractivity (Wildman–Crippen MR) is 60.6 cm³/mol. The SMILES string of the molecule is CCOC(=O)/C=C/CNCCCC1CC1. The maximum atomic E-state index is 10.9. The third-order valence-corrected chi connectivity index (χ3v) is 2.47. The normalized spacial score (nSPS) is 15.8. The van der Waals surface area contributed by atoms with Crippen LogP contribution in [0.1, 0.15) is 32.6 Å². The average molecular weight is 211 g/mol. The van der Waals surface area contributed by atoms with Crippen molar-refractivity contribution in [2.24, 2.45) is 5.92 Å². The van der Waals surface area contributed by atoms with E-state index in [4.69, 9.17) is 4.74 Å². The Labute approximate surface area is 91.9 Å². The Morgan fingerprint density at radius 3 is 3.00 bits per heavy atom. The van der Waals surface area contributed by atoms with E-state index in [9.17, 15) is 4.79 Å². The average Bonchev–Trinajstić information content (AvgIpc) is 3.00. The van der Waals surface area contributed by atoms with Crippen LogP contribution in [0.5, 0.6) is 0 Å². The van der Waals surface area contributed by atoms with E-state index < -0.39 is 0 Å². The second-order valence-electron chi connectivity index (χ2n) is 3.94. The van der Waals surface area contributed by atoms with Gasteiger partial charge in [-0.1, -0.05) is 18.9 Å². The zero-order chi connectivity index (χ0) is 10.9. The van der Waals surface area contributed by atoms with Crippen LogP contribution in [0.25, 0.3) is 0 Å². The molecule has 0 radical (unpaired) electrons. The monoisotopic (exact) mass is 211 g/mol. The van der Waals surface area contributed by atoms with Crippen molar-refractivity contribution in [2.75, 3.05) is 19.7 Å². The highest BCUT2D eigenvalue weighted by Gasteiger charge is 2.19. The zero-order valence-electron chi connectivity index (χ0n) is 9.50. The molecule has 0 aliphatic heterocycles. The first-order valence-electron chi connectivity index (χ1n) is 5.87. The van der Waals surface area contributed by atoms with Crippen molar-refractivity contribution in [2.45, 2.75) is 32.6 Å². The molecule has 3 nitrogen and oxygen atoms in total. The molecule has 1 rings (SSSR count). The van der Waals surface area contributed by atoms with Crippen molar-refractivity contribution in [1.82, 2.24) is 5.32 Å². The summed E-state index contributed by atoms with van der Waals surface area (Å²) in [6, 6.07) is 0. The van der Waals surface area contributed by atoms with Gasteiger partial charge in [0.05, 0.1) is 6.61 Å². The zero-order valence-corrected chi connectivity index (χ0v) is 9.50. The maximum absolute atomic E-state index is 10.9. The fourth-order valence-corrected chi connectivity index (χ4v) is 1.45. The molecular weight excluding hydrogens is 190 g/mol. The number of hydrogen-bond acceptors (Lipinski definition) is 3. The third-order valence-electron chi connectivity index (χ3n) is 2.47. The second kappa shape index (κ2) is 7.46. The lowest BCUT2D eigenvalue weighted by Crippen LogP contribution is -2.15. The van der Waals surface area contributed by atoms with Crippen molar-refractivity contribution >= 4 is 5.97 Å². The van der Waals surface area contributed by atoms with Gasteiger partial charge in [-0.3, -0.25) is 0 Å². The first kappa shape index (κ1) is 12.2. The molecule has 15 heavy (non-hydrogen) atoms. The summed E-state index contributed by atoms with van der Waals surface area (Å²) in [6.45, 7) is 4.05. The fraction of sp³-hybridized carbons (Fsp3) is 0.750. The lowest BCUT2D eigenvalue weighted by atomic mass is 10.2. The van der Waals surface area contributed by atoms with Gasteiger partial charge < -0.3 is 10.1 Å². The number of esters is 1. The number of carbonyl (C=O) groups is 1. The van der Waals surface area contributed by atoms with Crippen LogP contribution < -0.4 is 5.32 Å². The minimum atomic E-state index is -0.253. The number of hydrogen-bond donors (Lipinski definition) is 1. The molecule has 3 heteroatoms. The number of rotatable bonds is 8. The van der Waals surface area contributed by atoms with Gasteiger partial charge in [0.1, 0.15) is 0 Å². The summed E-state index contributed by atoms with van der Waals surface area (Å²) < 4.78 is 4.76. The van der Waals surface area contributed by atoms with Crippen LogP contribution in [0.3, 0.4) is 0 Å². The molecule has 1 N–H and O–H groups in total. The fourth-order valence-electron chi connectivity index (χ4n) is 1.45. The Hall–Kier alpha value is -0.830. The molecule has 0 aromatic carbocycles. The highest BCUT2D eigenvalue weighted by atomic mass is 16.5. The molecule has 0 aromatic heterocycles. The minimum Gasteiger partial charge on any atom is -0.463 e. The number of carbonyl (C=O) groups excluding carboxylic acids is 1. The van der Waals surface area contributed by atoms with Gasteiger partial charge in [-0.2, -0.15) is 0 Å². The van der Waals surface area contributed by atoms with E-state index >= 15 is 0 Å². The van der Waals surface area contributed by atoms with Crippen LogP contribution in [-0.4, -0.2) is 25.7 Å². The Balaban J connectivity index is 1.84. The van der Waals surface area contributed by atoms with Crippen molar-refractivity contribution in [3.8, 4) is 0 Å². The van der Waals surface area contributed by atoms with E-state index in [1.54, 1.807) is 0 Å². The minimum absolute atomic E-state index is 0.253. The molecule has 0 unspecified atom stereocenters. The molecular formula is C12H21NO2. The molecule has 0 amide bonds. The lowest BCUT2D eigenvalue weighted by molar-refractivity contribution is -0.137. The summed E-state index contributed by atoms with van der Waals surface area (Å²) in [6.07, 6.45) is 8.77. The second-order valence-corrected chi connectivity index (χ2v) is 3.94. The molecule has 0 aromatic rings. The molecule has 0 heterocycles. The van der Waals surface area contributed by atoms with E-state index in [0.717, 1.165) is 19.0 Å². The van der Waals surface area contributed by atoms with Crippen LogP contribution >= 0.6 is 0 Å². The van der Waals surface area contributed by atoms with Crippen molar-refractivity contribution in [3.63, 3.8) is 0 Å². The molecule has 0 bridgehead atoms. The molecule has 0 atom stereocenters. The molecule has 1 fully saturated rings. The van der Waals surface area contributed by atoms with Gasteiger partial charge >= 0.3 is 5.97 Å². The lowest BCUT2D eigenvalue weighted by Gasteiger charge is -2.00. The summed E-state index contributed by atoms with van der Waals surface area (Å²) in [5.74, 6) is 0.763. The highest BCUT2D eigenvalue weighted by molar-refractivity contribution is 5.81. The van der Waals surface area contributed by atoms with Crippen LogP contribution in [-0.2, 0) is 9.53 Å². The summed E-state index contributed by atoms with van der Waals surface area (Å²) in [5.41, 5.74) is 0. The van der Waals surface area contributed by atoms with Gasteiger partial charge in [0.2, 0.25) is 0 Å². The Kier molecular flexibility index (Phi) is 6.09. The standard InChI is InChI=1S/C12H21NO2/c1-2-15-12(14)6-4-10-13-9-3-5-11-7-8-11/h4,6,11,13H,2-3,5,7-10H2,1H3/b6-4+. The summed E-state index contributed by atoms with van der Waals surface area (Å²) in [4.78, 5) is 10.9. The van der Waals surface area contributed by atoms with E-state index in [0.29, 0.717) is 6.61 Å². The molecule has 1 saturated carbocycles. The molecule has 0 saturated heterocycles. The molecule has 86 valence electrons. The molecule has 0 spiro atoms. The third kappa shape index (κ3) is 7.14. The first-order valence-corrected chi connectivity index (χ1v) is 5.87. The Morgan fingerprint density at radius 1 is 1.53 bits per heavy atom. The van der Waals surface area contributed by atoms with E-state index in [1.807, 2.05) is 13.0 Å². The number of nitrogens with one attached hydrogen (secondary N) is 1. The van der Waals surface area contributed by atoms with Gasteiger partial charge in [0.25, 0.3) is 0 Å². The predicted octanol–water partition coefficient (Wildman–Crippen LogP) is 1.89. The topological polar surface area (TPSA) is 38.3 Å². The Morgan fingerprint density at radius 2 is 2.33 bits per heavy atom.